The van der Waals surface area contributed by atoms with E-state index in [-0.39, 0.29) is 11.7 Å². The molecule has 0 unspecified atom stereocenters. The fourth-order valence-corrected chi connectivity index (χ4v) is 2.36. The van der Waals surface area contributed by atoms with Gasteiger partial charge in [-0.1, -0.05) is 0 Å². The van der Waals surface area contributed by atoms with Crippen molar-refractivity contribution >= 4 is 22.4 Å². The number of aryl methyl sites for hydroxylation is 1. The van der Waals surface area contributed by atoms with Gasteiger partial charge in [-0.25, -0.2) is 9.37 Å². The molecule has 0 bridgehead atoms. The van der Waals surface area contributed by atoms with Crippen LogP contribution in [0.25, 0.3) is 11.3 Å². The zero-order valence-corrected chi connectivity index (χ0v) is 10.3. The molecule has 1 N–H and O–H groups in total. The molecule has 5 heteroatoms. The minimum Gasteiger partial charge on any atom is -0.302 e. The quantitative estimate of drug-likeness (QED) is 0.889. The van der Waals surface area contributed by atoms with E-state index in [1.165, 1.54) is 30.4 Å². The molecule has 2 rings (SSSR count). The van der Waals surface area contributed by atoms with E-state index in [2.05, 4.69) is 10.3 Å². The average molecular weight is 250 g/mol. The van der Waals surface area contributed by atoms with Crippen molar-refractivity contribution in [2.75, 3.05) is 5.32 Å². The predicted octanol–water partition coefficient (Wildman–Crippen LogP) is 3.22. The SMILES string of the molecule is CC(=O)Nc1nc(-c2ccc(F)cc2)c(C)s1. The van der Waals surface area contributed by atoms with E-state index in [1.54, 1.807) is 12.1 Å². The lowest BCUT2D eigenvalue weighted by Crippen LogP contribution is -2.04. The summed E-state index contributed by atoms with van der Waals surface area (Å²) in [4.78, 5) is 16.2. The van der Waals surface area contributed by atoms with Crippen molar-refractivity contribution in [3.05, 3.63) is 35.0 Å². The number of benzene rings is 1. The van der Waals surface area contributed by atoms with Crippen LogP contribution in [0.5, 0.6) is 0 Å². The molecule has 0 saturated heterocycles. The largest absolute Gasteiger partial charge is 0.302 e. The van der Waals surface area contributed by atoms with Gasteiger partial charge in [-0.15, -0.1) is 11.3 Å². The minimum atomic E-state index is -0.274. The van der Waals surface area contributed by atoms with Crippen LogP contribution in [0.1, 0.15) is 11.8 Å². The van der Waals surface area contributed by atoms with E-state index in [4.69, 9.17) is 0 Å². The average Bonchev–Trinajstić information content (AvgIpc) is 2.59. The van der Waals surface area contributed by atoms with Crippen LogP contribution in [0.2, 0.25) is 0 Å². The van der Waals surface area contributed by atoms with Gasteiger partial charge in [0.25, 0.3) is 0 Å². The van der Waals surface area contributed by atoms with Crippen molar-refractivity contribution in [2.24, 2.45) is 0 Å². The Morgan fingerprint density at radius 2 is 2.00 bits per heavy atom. The summed E-state index contributed by atoms with van der Waals surface area (Å²) >= 11 is 1.40. The van der Waals surface area contributed by atoms with E-state index >= 15 is 0 Å². The second-order valence-electron chi connectivity index (χ2n) is 3.61. The van der Waals surface area contributed by atoms with Crippen molar-refractivity contribution in [2.45, 2.75) is 13.8 Å². The second kappa shape index (κ2) is 4.63. The summed E-state index contributed by atoms with van der Waals surface area (Å²) in [6.45, 7) is 3.36. The van der Waals surface area contributed by atoms with E-state index in [0.717, 1.165) is 16.1 Å². The number of aromatic nitrogens is 1. The lowest BCUT2D eigenvalue weighted by Gasteiger charge is -1.97. The van der Waals surface area contributed by atoms with Crippen LogP contribution >= 0.6 is 11.3 Å². The molecule has 0 atom stereocenters. The number of halogens is 1. The standard InChI is InChI=1S/C12H11FN2OS/c1-7-11(9-3-5-10(13)6-4-9)15-12(17-7)14-8(2)16/h3-6H,1-2H3,(H,14,15,16). The topological polar surface area (TPSA) is 42.0 Å². The summed E-state index contributed by atoms with van der Waals surface area (Å²) in [5.74, 6) is -0.423. The Morgan fingerprint density at radius 3 is 2.59 bits per heavy atom. The maximum absolute atomic E-state index is 12.8. The fourth-order valence-electron chi connectivity index (χ4n) is 1.48. The highest BCUT2D eigenvalue weighted by molar-refractivity contribution is 7.16. The first kappa shape index (κ1) is 11.7. The molecule has 17 heavy (non-hydrogen) atoms. The highest BCUT2D eigenvalue weighted by Crippen LogP contribution is 2.30. The van der Waals surface area contributed by atoms with Crippen LogP contribution in [0, 0.1) is 12.7 Å². The first-order valence-corrected chi connectivity index (χ1v) is 5.89. The molecular weight excluding hydrogens is 239 g/mol. The lowest BCUT2D eigenvalue weighted by atomic mass is 10.1. The van der Waals surface area contributed by atoms with Gasteiger partial charge in [0.05, 0.1) is 5.69 Å². The third-order valence-electron chi connectivity index (χ3n) is 2.20. The monoisotopic (exact) mass is 250 g/mol. The number of hydrogen-bond donors (Lipinski definition) is 1. The molecule has 0 spiro atoms. The van der Waals surface area contributed by atoms with E-state index in [1.807, 2.05) is 6.92 Å². The van der Waals surface area contributed by atoms with Crippen LogP contribution in [0.15, 0.2) is 24.3 Å². The van der Waals surface area contributed by atoms with Gasteiger partial charge in [-0.05, 0) is 31.2 Å². The summed E-state index contributed by atoms with van der Waals surface area (Å²) in [5, 5.41) is 3.21. The van der Waals surface area contributed by atoms with Gasteiger partial charge in [0, 0.05) is 17.4 Å². The van der Waals surface area contributed by atoms with Crippen molar-refractivity contribution in [3.63, 3.8) is 0 Å². The molecule has 0 aliphatic rings. The first-order chi connectivity index (χ1) is 8.06. The molecule has 2 aromatic rings. The third kappa shape index (κ3) is 2.68. The molecule has 1 amide bonds. The van der Waals surface area contributed by atoms with Crippen molar-refractivity contribution in [3.8, 4) is 11.3 Å². The predicted molar refractivity (Wildman–Crippen MR) is 66.5 cm³/mol. The van der Waals surface area contributed by atoms with E-state index in [0.29, 0.717) is 5.13 Å². The van der Waals surface area contributed by atoms with Gasteiger partial charge < -0.3 is 5.32 Å². The summed E-state index contributed by atoms with van der Waals surface area (Å²) in [6.07, 6.45) is 0. The van der Waals surface area contributed by atoms with Gasteiger partial charge in [-0.3, -0.25) is 4.79 Å². The van der Waals surface area contributed by atoms with Gasteiger partial charge in [0.2, 0.25) is 5.91 Å². The van der Waals surface area contributed by atoms with Crippen LogP contribution < -0.4 is 5.32 Å². The molecule has 0 aliphatic heterocycles. The van der Waals surface area contributed by atoms with Crippen LogP contribution in [0.3, 0.4) is 0 Å². The Balaban J connectivity index is 2.35. The molecule has 0 saturated carbocycles. The van der Waals surface area contributed by atoms with Gasteiger partial charge in [0.15, 0.2) is 5.13 Å². The van der Waals surface area contributed by atoms with Crippen LogP contribution in [0.4, 0.5) is 9.52 Å². The Labute approximate surface area is 102 Å². The van der Waals surface area contributed by atoms with Crippen molar-refractivity contribution in [1.82, 2.24) is 4.98 Å². The normalized spacial score (nSPS) is 10.3. The summed E-state index contributed by atoms with van der Waals surface area (Å²) < 4.78 is 12.8. The van der Waals surface area contributed by atoms with Crippen molar-refractivity contribution in [1.29, 1.82) is 0 Å². The number of nitrogens with zero attached hydrogens (tertiary/aromatic N) is 1. The third-order valence-corrected chi connectivity index (χ3v) is 3.08. The number of rotatable bonds is 2. The zero-order valence-electron chi connectivity index (χ0n) is 9.45. The number of amides is 1. The molecule has 88 valence electrons. The van der Waals surface area contributed by atoms with E-state index in [9.17, 15) is 9.18 Å². The number of hydrogen-bond acceptors (Lipinski definition) is 3. The van der Waals surface area contributed by atoms with Crippen LogP contribution in [-0.2, 0) is 4.79 Å². The number of thiazole rings is 1. The smallest absolute Gasteiger partial charge is 0.223 e. The maximum atomic E-state index is 12.8. The van der Waals surface area contributed by atoms with Crippen molar-refractivity contribution < 1.29 is 9.18 Å². The van der Waals surface area contributed by atoms with Crippen LogP contribution in [-0.4, -0.2) is 10.9 Å². The summed E-state index contributed by atoms with van der Waals surface area (Å²) in [5.41, 5.74) is 1.62. The highest BCUT2D eigenvalue weighted by Gasteiger charge is 2.10. The lowest BCUT2D eigenvalue weighted by molar-refractivity contribution is -0.114. The molecule has 0 fully saturated rings. The van der Waals surface area contributed by atoms with Gasteiger partial charge in [0.1, 0.15) is 5.82 Å². The van der Waals surface area contributed by atoms with Gasteiger partial charge >= 0.3 is 0 Å². The summed E-state index contributed by atoms with van der Waals surface area (Å²) in [6, 6.07) is 6.14. The summed E-state index contributed by atoms with van der Waals surface area (Å²) in [7, 11) is 0. The second-order valence-corrected chi connectivity index (χ2v) is 4.82. The number of carbonyl (C=O) groups is 1. The highest BCUT2D eigenvalue weighted by atomic mass is 32.1. The van der Waals surface area contributed by atoms with E-state index < -0.39 is 0 Å². The molecule has 0 radical (unpaired) electrons. The number of anilines is 1. The number of nitrogens with one attached hydrogen (secondary N) is 1. The first-order valence-electron chi connectivity index (χ1n) is 5.07. The zero-order chi connectivity index (χ0) is 12.4. The Kier molecular flexibility index (Phi) is 3.19. The minimum absolute atomic E-state index is 0.149. The molecule has 0 aliphatic carbocycles. The Bertz CT molecular complexity index is 548. The fraction of sp³-hybridized carbons (Fsp3) is 0.167. The maximum Gasteiger partial charge on any atom is 0.223 e. The number of carbonyl (C=O) groups excluding carboxylic acids is 1. The Morgan fingerprint density at radius 1 is 1.35 bits per heavy atom. The molecular formula is C12H11FN2OS. The molecule has 1 aromatic carbocycles. The molecule has 3 nitrogen and oxygen atoms in total. The Hall–Kier alpha value is -1.75. The molecule has 1 aromatic heterocycles. The molecule has 1 heterocycles. The van der Waals surface area contributed by atoms with Gasteiger partial charge in [-0.2, -0.15) is 0 Å².